The fourth-order valence-corrected chi connectivity index (χ4v) is 1.44. The maximum Gasteiger partial charge on any atom is 0.323 e. The SMILES string of the molecule is CCOC(=O)C(CC)NC(CC)CCO. The molecule has 0 radical (unpaired) electrons. The van der Waals surface area contributed by atoms with Crippen LogP contribution in [0.1, 0.15) is 40.0 Å². The second-order valence-corrected chi connectivity index (χ2v) is 3.50. The molecule has 0 aliphatic rings. The first-order chi connectivity index (χ1) is 7.19. The molecular formula is C11H23NO3. The Morgan fingerprint density at radius 1 is 1.33 bits per heavy atom. The van der Waals surface area contributed by atoms with Gasteiger partial charge in [0.2, 0.25) is 0 Å². The molecule has 0 saturated carbocycles. The number of hydrogen-bond donors (Lipinski definition) is 2. The summed E-state index contributed by atoms with van der Waals surface area (Å²) in [4.78, 5) is 11.5. The van der Waals surface area contributed by atoms with Gasteiger partial charge in [0.05, 0.1) is 6.61 Å². The van der Waals surface area contributed by atoms with Gasteiger partial charge in [-0.05, 0) is 26.2 Å². The first-order valence-corrected chi connectivity index (χ1v) is 5.73. The third kappa shape index (κ3) is 5.74. The Bertz CT molecular complexity index is 173. The Morgan fingerprint density at radius 2 is 2.00 bits per heavy atom. The fraction of sp³-hybridized carbons (Fsp3) is 0.909. The molecule has 0 aliphatic heterocycles. The van der Waals surface area contributed by atoms with Crippen LogP contribution in [0.2, 0.25) is 0 Å². The summed E-state index contributed by atoms with van der Waals surface area (Å²) in [6, 6.07) is -0.0641. The number of carbonyl (C=O) groups is 1. The monoisotopic (exact) mass is 217 g/mol. The van der Waals surface area contributed by atoms with E-state index in [0.29, 0.717) is 19.4 Å². The van der Waals surface area contributed by atoms with Crippen molar-refractivity contribution in [2.75, 3.05) is 13.2 Å². The average molecular weight is 217 g/mol. The molecule has 90 valence electrons. The zero-order valence-corrected chi connectivity index (χ0v) is 9.95. The van der Waals surface area contributed by atoms with Crippen molar-refractivity contribution in [3.05, 3.63) is 0 Å². The van der Waals surface area contributed by atoms with Crippen LogP contribution in [-0.2, 0) is 9.53 Å². The fourth-order valence-electron chi connectivity index (χ4n) is 1.44. The Balaban J connectivity index is 4.10. The van der Waals surface area contributed by atoms with Crippen LogP contribution in [0.3, 0.4) is 0 Å². The number of hydrogen-bond acceptors (Lipinski definition) is 4. The number of carbonyl (C=O) groups excluding carboxylic acids is 1. The molecule has 0 aromatic carbocycles. The standard InChI is InChI=1S/C11H23NO3/c1-4-9(7-8-13)12-10(5-2)11(14)15-6-3/h9-10,12-13H,4-8H2,1-3H3. The lowest BCUT2D eigenvalue weighted by molar-refractivity contribution is -0.146. The average Bonchev–Trinajstić information content (AvgIpc) is 2.24. The topological polar surface area (TPSA) is 58.6 Å². The van der Waals surface area contributed by atoms with Crippen molar-refractivity contribution in [2.45, 2.75) is 52.1 Å². The summed E-state index contributed by atoms with van der Waals surface area (Å²) in [6.07, 6.45) is 2.28. The van der Waals surface area contributed by atoms with Gasteiger partial charge in [0.15, 0.2) is 0 Å². The van der Waals surface area contributed by atoms with E-state index in [-0.39, 0.29) is 24.7 Å². The highest BCUT2D eigenvalue weighted by atomic mass is 16.5. The van der Waals surface area contributed by atoms with Crippen LogP contribution in [0.5, 0.6) is 0 Å². The van der Waals surface area contributed by atoms with Gasteiger partial charge in [-0.15, -0.1) is 0 Å². The smallest absolute Gasteiger partial charge is 0.323 e. The van der Waals surface area contributed by atoms with E-state index in [0.717, 1.165) is 6.42 Å². The quantitative estimate of drug-likeness (QED) is 0.597. The highest BCUT2D eigenvalue weighted by Crippen LogP contribution is 2.03. The molecule has 0 spiro atoms. The summed E-state index contributed by atoms with van der Waals surface area (Å²) in [5.41, 5.74) is 0. The molecule has 2 N–H and O–H groups in total. The summed E-state index contributed by atoms with van der Waals surface area (Å²) < 4.78 is 4.95. The van der Waals surface area contributed by atoms with E-state index in [1.807, 2.05) is 13.8 Å². The number of esters is 1. The van der Waals surface area contributed by atoms with Gasteiger partial charge in [0.1, 0.15) is 6.04 Å². The molecule has 0 aliphatic carbocycles. The van der Waals surface area contributed by atoms with Gasteiger partial charge in [-0.1, -0.05) is 13.8 Å². The summed E-state index contributed by atoms with van der Waals surface area (Å²) in [6.45, 7) is 6.33. The van der Waals surface area contributed by atoms with Gasteiger partial charge >= 0.3 is 5.97 Å². The number of nitrogens with one attached hydrogen (secondary N) is 1. The highest BCUT2D eigenvalue weighted by molar-refractivity contribution is 5.75. The third-order valence-corrected chi connectivity index (χ3v) is 2.39. The third-order valence-electron chi connectivity index (χ3n) is 2.39. The zero-order chi connectivity index (χ0) is 11.7. The molecule has 2 unspecified atom stereocenters. The lowest BCUT2D eigenvalue weighted by Gasteiger charge is -2.22. The van der Waals surface area contributed by atoms with Crippen LogP contribution >= 0.6 is 0 Å². The summed E-state index contributed by atoms with van der Waals surface area (Å²) in [7, 11) is 0. The molecule has 0 bridgehead atoms. The van der Waals surface area contributed by atoms with E-state index < -0.39 is 0 Å². The van der Waals surface area contributed by atoms with Crippen molar-refractivity contribution in [3.63, 3.8) is 0 Å². The van der Waals surface area contributed by atoms with E-state index in [9.17, 15) is 4.79 Å². The van der Waals surface area contributed by atoms with E-state index in [1.165, 1.54) is 0 Å². The summed E-state index contributed by atoms with van der Waals surface area (Å²) >= 11 is 0. The molecule has 0 aromatic heterocycles. The Morgan fingerprint density at radius 3 is 2.40 bits per heavy atom. The second-order valence-electron chi connectivity index (χ2n) is 3.50. The largest absolute Gasteiger partial charge is 0.465 e. The van der Waals surface area contributed by atoms with Crippen molar-refractivity contribution in [1.29, 1.82) is 0 Å². The maximum atomic E-state index is 11.5. The van der Waals surface area contributed by atoms with Crippen LogP contribution in [-0.4, -0.2) is 36.4 Å². The number of rotatable bonds is 8. The minimum absolute atomic E-state index is 0.144. The van der Waals surface area contributed by atoms with Gasteiger partial charge in [-0.2, -0.15) is 0 Å². The van der Waals surface area contributed by atoms with Crippen molar-refractivity contribution in [2.24, 2.45) is 0 Å². The van der Waals surface area contributed by atoms with E-state index >= 15 is 0 Å². The predicted octanol–water partition coefficient (Wildman–Crippen LogP) is 1.08. The van der Waals surface area contributed by atoms with Crippen LogP contribution < -0.4 is 5.32 Å². The highest BCUT2D eigenvalue weighted by Gasteiger charge is 2.20. The lowest BCUT2D eigenvalue weighted by atomic mass is 10.1. The molecule has 0 fully saturated rings. The molecule has 4 heteroatoms. The Kier molecular flexibility index (Phi) is 8.33. The summed E-state index contributed by atoms with van der Waals surface area (Å²) in [5, 5.41) is 12.0. The first-order valence-electron chi connectivity index (χ1n) is 5.73. The Labute approximate surface area is 92.0 Å². The van der Waals surface area contributed by atoms with Crippen molar-refractivity contribution in [1.82, 2.24) is 5.32 Å². The molecule has 0 aromatic rings. The molecular weight excluding hydrogens is 194 g/mol. The first kappa shape index (κ1) is 14.4. The molecule has 0 amide bonds. The van der Waals surface area contributed by atoms with Gasteiger partial charge in [-0.3, -0.25) is 4.79 Å². The lowest BCUT2D eigenvalue weighted by Crippen LogP contribution is -2.44. The van der Waals surface area contributed by atoms with Crippen LogP contribution in [0.25, 0.3) is 0 Å². The van der Waals surface area contributed by atoms with Gasteiger partial charge in [0.25, 0.3) is 0 Å². The minimum Gasteiger partial charge on any atom is -0.465 e. The molecule has 0 saturated heterocycles. The molecule has 2 atom stereocenters. The second kappa shape index (κ2) is 8.68. The van der Waals surface area contributed by atoms with Gasteiger partial charge in [-0.25, -0.2) is 0 Å². The molecule has 4 nitrogen and oxygen atoms in total. The Hall–Kier alpha value is -0.610. The van der Waals surface area contributed by atoms with E-state index in [1.54, 1.807) is 6.92 Å². The van der Waals surface area contributed by atoms with Gasteiger partial charge < -0.3 is 15.2 Å². The molecule has 0 heterocycles. The molecule has 0 rings (SSSR count). The van der Waals surface area contributed by atoms with Crippen LogP contribution in [0.15, 0.2) is 0 Å². The normalized spacial score (nSPS) is 14.7. The molecule has 15 heavy (non-hydrogen) atoms. The van der Waals surface area contributed by atoms with Gasteiger partial charge in [0, 0.05) is 12.6 Å². The van der Waals surface area contributed by atoms with E-state index in [2.05, 4.69) is 5.32 Å². The minimum atomic E-state index is -0.249. The van der Waals surface area contributed by atoms with Crippen molar-refractivity contribution >= 4 is 5.97 Å². The number of aliphatic hydroxyl groups is 1. The maximum absolute atomic E-state index is 11.5. The zero-order valence-electron chi connectivity index (χ0n) is 9.95. The van der Waals surface area contributed by atoms with Crippen molar-refractivity contribution in [3.8, 4) is 0 Å². The van der Waals surface area contributed by atoms with Crippen LogP contribution in [0, 0.1) is 0 Å². The van der Waals surface area contributed by atoms with Crippen molar-refractivity contribution < 1.29 is 14.6 Å². The summed E-state index contributed by atoms with van der Waals surface area (Å²) in [5.74, 6) is -0.198. The number of ether oxygens (including phenoxy) is 1. The van der Waals surface area contributed by atoms with Crippen LogP contribution in [0.4, 0.5) is 0 Å². The van der Waals surface area contributed by atoms with E-state index in [4.69, 9.17) is 9.84 Å². The predicted molar refractivity (Wildman–Crippen MR) is 59.6 cm³/mol. The number of aliphatic hydroxyl groups excluding tert-OH is 1.